The van der Waals surface area contributed by atoms with Crippen molar-refractivity contribution in [1.82, 2.24) is 0 Å². The van der Waals surface area contributed by atoms with Gasteiger partial charge >= 0.3 is 0 Å². The number of rotatable bonds is 3. The number of Topliss-reactive ketones (excluding diaryl/α,β-unsaturated/α-hetero) is 1. The predicted molar refractivity (Wildman–Crippen MR) is 63.1 cm³/mol. The standard InChI is InChI=1S/C13H23NO2/c1-2-10-5-3-4-6-11(10)12(15)13(14)7-8-16-9-13/h10-11H,2-9,14H2,1H3. The fourth-order valence-electron chi connectivity index (χ4n) is 3.19. The smallest absolute Gasteiger partial charge is 0.158 e. The van der Waals surface area contributed by atoms with Crippen LogP contribution in [0.1, 0.15) is 45.4 Å². The maximum atomic E-state index is 12.5. The average Bonchev–Trinajstić information content (AvgIpc) is 2.76. The monoisotopic (exact) mass is 225 g/mol. The Kier molecular flexibility index (Phi) is 3.65. The molecule has 1 saturated carbocycles. The van der Waals surface area contributed by atoms with E-state index in [-0.39, 0.29) is 11.7 Å². The van der Waals surface area contributed by atoms with Crippen molar-refractivity contribution in [2.75, 3.05) is 13.2 Å². The van der Waals surface area contributed by atoms with Crippen LogP contribution < -0.4 is 5.73 Å². The fourth-order valence-corrected chi connectivity index (χ4v) is 3.19. The third-order valence-corrected chi connectivity index (χ3v) is 4.31. The Labute approximate surface area is 97.7 Å². The third-order valence-electron chi connectivity index (χ3n) is 4.31. The van der Waals surface area contributed by atoms with Gasteiger partial charge in [0.05, 0.1) is 6.61 Å². The molecular formula is C13H23NO2. The van der Waals surface area contributed by atoms with Gasteiger partial charge in [-0.15, -0.1) is 0 Å². The van der Waals surface area contributed by atoms with E-state index in [0.717, 1.165) is 12.8 Å². The summed E-state index contributed by atoms with van der Waals surface area (Å²) in [6.07, 6.45) is 6.51. The Balaban J connectivity index is 2.07. The number of hydrogen-bond acceptors (Lipinski definition) is 3. The number of ether oxygens (including phenoxy) is 1. The van der Waals surface area contributed by atoms with Gasteiger partial charge in [-0.1, -0.05) is 26.2 Å². The van der Waals surface area contributed by atoms with Crippen LogP contribution in [0.15, 0.2) is 0 Å². The molecule has 3 atom stereocenters. The summed E-state index contributed by atoms with van der Waals surface area (Å²) in [6.45, 7) is 3.26. The van der Waals surface area contributed by atoms with Crippen LogP contribution in [-0.2, 0) is 9.53 Å². The highest BCUT2D eigenvalue weighted by Gasteiger charge is 2.44. The first-order valence-corrected chi connectivity index (χ1v) is 6.58. The topological polar surface area (TPSA) is 52.3 Å². The Hall–Kier alpha value is -0.410. The van der Waals surface area contributed by atoms with Gasteiger partial charge in [0.1, 0.15) is 5.54 Å². The van der Waals surface area contributed by atoms with Crippen molar-refractivity contribution in [1.29, 1.82) is 0 Å². The Morgan fingerprint density at radius 2 is 2.19 bits per heavy atom. The first-order chi connectivity index (χ1) is 7.67. The van der Waals surface area contributed by atoms with E-state index in [0.29, 0.717) is 25.6 Å². The second-order valence-corrected chi connectivity index (χ2v) is 5.38. The molecule has 92 valence electrons. The highest BCUT2D eigenvalue weighted by Crippen LogP contribution is 2.36. The first-order valence-electron chi connectivity index (χ1n) is 6.58. The van der Waals surface area contributed by atoms with Crippen molar-refractivity contribution < 1.29 is 9.53 Å². The lowest BCUT2D eigenvalue weighted by molar-refractivity contribution is -0.131. The second-order valence-electron chi connectivity index (χ2n) is 5.38. The first kappa shape index (κ1) is 12.1. The van der Waals surface area contributed by atoms with Crippen molar-refractivity contribution in [3.05, 3.63) is 0 Å². The molecule has 2 rings (SSSR count). The number of nitrogens with two attached hydrogens (primary N) is 1. The maximum Gasteiger partial charge on any atom is 0.158 e. The second kappa shape index (κ2) is 4.84. The Bertz CT molecular complexity index is 259. The molecule has 16 heavy (non-hydrogen) atoms. The van der Waals surface area contributed by atoms with E-state index >= 15 is 0 Å². The number of carbonyl (C=O) groups is 1. The van der Waals surface area contributed by atoms with Gasteiger partial charge in [0.15, 0.2) is 5.78 Å². The van der Waals surface area contributed by atoms with E-state index in [9.17, 15) is 4.79 Å². The molecule has 0 radical (unpaired) electrons. The molecule has 0 spiro atoms. The number of hydrogen-bond donors (Lipinski definition) is 1. The zero-order chi connectivity index (χ0) is 11.6. The molecule has 2 fully saturated rings. The molecule has 0 aromatic heterocycles. The van der Waals surface area contributed by atoms with E-state index in [4.69, 9.17) is 10.5 Å². The van der Waals surface area contributed by atoms with Gasteiger partial charge in [0.2, 0.25) is 0 Å². The summed E-state index contributed by atoms with van der Waals surface area (Å²) in [5.41, 5.74) is 5.50. The molecule has 2 N–H and O–H groups in total. The quantitative estimate of drug-likeness (QED) is 0.798. The van der Waals surface area contributed by atoms with Crippen LogP contribution in [0.2, 0.25) is 0 Å². The summed E-state index contributed by atoms with van der Waals surface area (Å²) in [4.78, 5) is 12.5. The molecule has 1 aliphatic heterocycles. The van der Waals surface area contributed by atoms with E-state index in [1.54, 1.807) is 0 Å². The molecule has 0 aromatic carbocycles. The fraction of sp³-hybridized carbons (Fsp3) is 0.923. The molecule has 1 heterocycles. The lowest BCUT2D eigenvalue weighted by atomic mass is 9.71. The van der Waals surface area contributed by atoms with Gasteiger partial charge in [-0.2, -0.15) is 0 Å². The van der Waals surface area contributed by atoms with Crippen molar-refractivity contribution in [3.63, 3.8) is 0 Å². The number of carbonyl (C=O) groups excluding carboxylic acids is 1. The van der Waals surface area contributed by atoms with Crippen molar-refractivity contribution in [2.24, 2.45) is 17.6 Å². The van der Waals surface area contributed by atoms with Crippen LogP contribution in [0.4, 0.5) is 0 Å². The highest BCUT2D eigenvalue weighted by atomic mass is 16.5. The van der Waals surface area contributed by atoms with Gasteiger partial charge in [-0.25, -0.2) is 0 Å². The maximum absolute atomic E-state index is 12.5. The minimum absolute atomic E-state index is 0.199. The Morgan fingerprint density at radius 3 is 2.81 bits per heavy atom. The summed E-state index contributed by atoms with van der Waals surface area (Å²) in [5.74, 6) is 1.03. The lowest BCUT2D eigenvalue weighted by Gasteiger charge is -2.34. The van der Waals surface area contributed by atoms with Crippen LogP contribution in [0.25, 0.3) is 0 Å². The van der Waals surface area contributed by atoms with Gasteiger partial charge < -0.3 is 10.5 Å². The summed E-state index contributed by atoms with van der Waals surface area (Å²) >= 11 is 0. The van der Waals surface area contributed by atoms with Gasteiger partial charge in [0, 0.05) is 12.5 Å². The summed E-state index contributed by atoms with van der Waals surface area (Å²) in [6, 6.07) is 0. The molecule has 3 heteroatoms. The van der Waals surface area contributed by atoms with E-state index < -0.39 is 5.54 Å². The molecule has 0 bridgehead atoms. The summed E-state index contributed by atoms with van der Waals surface area (Å²) in [7, 11) is 0. The molecular weight excluding hydrogens is 202 g/mol. The van der Waals surface area contributed by atoms with E-state index in [2.05, 4.69) is 6.92 Å². The predicted octanol–water partition coefficient (Wildman–Crippen LogP) is 1.89. The Morgan fingerprint density at radius 1 is 1.44 bits per heavy atom. The average molecular weight is 225 g/mol. The molecule has 2 aliphatic rings. The van der Waals surface area contributed by atoms with Crippen LogP contribution in [0.5, 0.6) is 0 Å². The van der Waals surface area contributed by atoms with Crippen molar-refractivity contribution in [3.8, 4) is 0 Å². The van der Waals surface area contributed by atoms with Crippen LogP contribution in [0, 0.1) is 11.8 Å². The number of ketones is 1. The SMILES string of the molecule is CCC1CCCCC1C(=O)C1(N)CCOC1. The van der Waals surface area contributed by atoms with Crippen LogP contribution in [0.3, 0.4) is 0 Å². The summed E-state index contributed by atoms with van der Waals surface area (Å²) < 4.78 is 5.30. The summed E-state index contributed by atoms with van der Waals surface area (Å²) in [5, 5.41) is 0. The van der Waals surface area contributed by atoms with Gasteiger partial charge in [-0.3, -0.25) is 4.79 Å². The van der Waals surface area contributed by atoms with Crippen molar-refractivity contribution in [2.45, 2.75) is 51.0 Å². The molecule has 0 aromatic rings. The van der Waals surface area contributed by atoms with Gasteiger partial charge in [0.25, 0.3) is 0 Å². The third kappa shape index (κ3) is 2.16. The molecule has 1 aliphatic carbocycles. The molecule has 0 amide bonds. The minimum Gasteiger partial charge on any atom is -0.379 e. The van der Waals surface area contributed by atoms with E-state index in [1.165, 1.54) is 19.3 Å². The minimum atomic E-state index is -0.671. The normalized spacial score (nSPS) is 39.9. The largest absolute Gasteiger partial charge is 0.379 e. The molecule has 1 saturated heterocycles. The van der Waals surface area contributed by atoms with E-state index in [1.807, 2.05) is 0 Å². The molecule has 3 nitrogen and oxygen atoms in total. The molecule has 3 unspecified atom stereocenters. The van der Waals surface area contributed by atoms with Crippen LogP contribution in [-0.4, -0.2) is 24.5 Å². The highest BCUT2D eigenvalue weighted by molar-refractivity contribution is 5.91. The zero-order valence-corrected chi connectivity index (χ0v) is 10.2. The van der Waals surface area contributed by atoms with Gasteiger partial charge in [-0.05, 0) is 25.2 Å². The zero-order valence-electron chi connectivity index (χ0n) is 10.2. The van der Waals surface area contributed by atoms with Crippen LogP contribution >= 0.6 is 0 Å². The van der Waals surface area contributed by atoms with Crippen molar-refractivity contribution >= 4 is 5.78 Å². The lowest BCUT2D eigenvalue weighted by Crippen LogP contribution is -2.53.